The second kappa shape index (κ2) is 8.76. The standard InChI is InChI=1S/C14H23N3O3S/c1-3-8-15-9-10-17-21(19,20)14-6-4-13(5-7-14)11-16-12(2)18/h4-7,15,17H,3,8-11H2,1-2H3,(H,16,18). The number of rotatable bonds is 9. The minimum atomic E-state index is -3.47. The molecule has 0 bridgehead atoms. The lowest BCUT2D eigenvalue weighted by molar-refractivity contribution is -0.119. The molecule has 0 saturated heterocycles. The van der Waals surface area contributed by atoms with E-state index in [1.807, 2.05) is 0 Å². The van der Waals surface area contributed by atoms with Crippen molar-refractivity contribution >= 4 is 15.9 Å². The van der Waals surface area contributed by atoms with Crippen LogP contribution in [-0.2, 0) is 21.4 Å². The van der Waals surface area contributed by atoms with Gasteiger partial charge in [0.05, 0.1) is 4.90 Å². The van der Waals surface area contributed by atoms with Crippen LogP contribution in [0, 0.1) is 0 Å². The molecule has 0 aliphatic rings. The Balaban J connectivity index is 2.52. The van der Waals surface area contributed by atoms with Crippen LogP contribution in [0.5, 0.6) is 0 Å². The predicted molar refractivity (Wildman–Crippen MR) is 82.3 cm³/mol. The summed E-state index contributed by atoms with van der Waals surface area (Å²) in [5.74, 6) is -0.118. The minimum Gasteiger partial charge on any atom is -0.352 e. The highest BCUT2D eigenvalue weighted by Gasteiger charge is 2.12. The van der Waals surface area contributed by atoms with Crippen molar-refractivity contribution in [3.63, 3.8) is 0 Å². The van der Waals surface area contributed by atoms with Gasteiger partial charge < -0.3 is 10.6 Å². The molecular formula is C14H23N3O3S. The Bertz CT molecular complexity index is 541. The second-order valence-corrected chi connectivity index (χ2v) is 6.47. The van der Waals surface area contributed by atoms with Crippen LogP contribution < -0.4 is 15.4 Å². The summed E-state index contributed by atoms with van der Waals surface area (Å²) in [7, 11) is -3.47. The van der Waals surface area contributed by atoms with Crippen molar-refractivity contribution in [3.8, 4) is 0 Å². The van der Waals surface area contributed by atoms with Crippen LogP contribution in [0.3, 0.4) is 0 Å². The Kier molecular flexibility index (Phi) is 7.35. The number of carbonyl (C=O) groups excluding carboxylic acids is 1. The van der Waals surface area contributed by atoms with E-state index in [-0.39, 0.29) is 10.8 Å². The van der Waals surface area contributed by atoms with Crippen molar-refractivity contribution in [3.05, 3.63) is 29.8 Å². The van der Waals surface area contributed by atoms with E-state index < -0.39 is 10.0 Å². The fraction of sp³-hybridized carbons (Fsp3) is 0.500. The molecule has 1 aromatic rings. The maximum Gasteiger partial charge on any atom is 0.240 e. The van der Waals surface area contributed by atoms with Gasteiger partial charge >= 0.3 is 0 Å². The van der Waals surface area contributed by atoms with Gasteiger partial charge in [-0.05, 0) is 30.7 Å². The van der Waals surface area contributed by atoms with Gasteiger partial charge in [0.15, 0.2) is 0 Å². The largest absolute Gasteiger partial charge is 0.352 e. The molecule has 0 heterocycles. The van der Waals surface area contributed by atoms with Gasteiger partial charge in [0, 0.05) is 26.6 Å². The number of nitrogens with one attached hydrogen (secondary N) is 3. The van der Waals surface area contributed by atoms with Gasteiger partial charge in [-0.3, -0.25) is 4.79 Å². The average Bonchev–Trinajstić information content (AvgIpc) is 2.45. The van der Waals surface area contributed by atoms with E-state index in [2.05, 4.69) is 22.3 Å². The van der Waals surface area contributed by atoms with E-state index in [9.17, 15) is 13.2 Å². The van der Waals surface area contributed by atoms with Gasteiger partial charge in [-0.15, -0.1) is 0 Å². The van der Waals surface area contributed by atoms with Crippen molar-refractivity contribution in [2.45, 2.75) is 31.7 Å². The fourth-order valence-corrected chi connectivity index (χ4v) is 2.70. The molecule has 0 aliphatic heterocycles. The molecule has 0 fully saturated rings. The van der Waals surface area contributed by atoms with Gasteiger partial charge in [0.1, 0.15) is 0 Å². The Morgan fingerprint density at radius 3 is 2.33 bits per heavy atom. The number of amides is 1. The number of carbonyl (C=O) groups is 1. The van der Waals surface area contributed by atoms with Crippen molar-refractivity contribution in [1.29, 1.82) is 0 Å². The average molecular weight is 313 g/mol. The molecule has 0 atom stereocenters. The van der Waals surface area contributed by atoms with E-state index >= 15 is 0 Å². The third-order valence-electron chi connectivity index (χ3n) is 2.80. The zero-order valence-corrected chi connectivity index (χ0v) is 13.3. The minimum absolute atomic E-state index is 0.118. The van der Waals surface area contributed by atoms with Crippen molar-refractivity contribution in [2.24, 2.45) is 0 Å². The van der Waals surface area contributed by atoms with Crippen molar-refractivity contribution < 1.29 is 13.2 Å². The van der Waals surface area contributed by atoms with Gasteiger partial charge in [-0.2, -0.15) is 0 Å². The molecule has 6 nitrogen and oxygen atoms in total. The summed E-state index contributed by atoms with van der Waals surface area (Å²) in [6.45, 7) is 5.72. The van der Waals surface area contributed by atoms with E-state index in [0.29, 0.717) is 19.6 Å². The van der Waals surface area contributed by atoms with E-state index in [4.69, 9.17) is 0 Å². The highest BCUT2D eigenvalue weighted by Crippen LogP contribution is 2.10. The van der Waals surface area contributed by atoms with Crippen molar-refractivity contribution in [2.75, 3.05) is 19.6 Å². The van der Waals surface area contributed by atoms with Crippen LogP contribution in [0.4, 0.5) is 0 Å². The van der Waals surface area contributed by atoms with Gasteiger partial charge in [-0.25, -0.2) is 13.1 Å². The third kappa shape index (κ3) is 6.70. The molecule has 1 amide bonds. The topological polar surface area (TPSA) is 87.3 Å². The van der Waals surface area contributed by atoms with Gasteiger partial charge in [-0.1, -0.05) is 19.1 Å². The molecule has 0 spiro atoms. The molecule has 0 unspecified atom stereocenters. The first-order valence-corrected chi connectivity index (χ1v) is 8.48. The number of hydrogen-bond acceptors (Lipinski definition) is 4. The highest BCUT2D eigenvalue weighted by atomic mass is 32.2. The SMILES string of the molecule is CCCNCCNS(=O)(=O)c1ccc(CNC(C)=O)cc1. The van der Waals surface area contributed by atoms with Crippen LogP contribution in [0.2, 0.25) is 0 Å². The maximum absolute atomic E-state index is 12.0. The van der Waals surface area contributed by atoms with Gasteiger partial charge in [0.25, 0.3) is 0 Å². The first-order chi connectivity index (χ1) is 9.95. The van der Waals surface area contributed by atoms with E-state index in [0.717, 1.165) is 18.5 Å². The lowest BCUT2D eigenvalue weighted by Crippen LogP contribution is -2.32. The van der Waals surface area contributed by atoms with Crippen LogP contribution >= 0.6 is 0 Å². The molecule has 118 valence electrons. The summed E-state index contributed by atoms with van der Waals surface area (Å²) in [6.07, 6.45) is 1.02. The van der Waals surface area contributed by atoms with Crippen molar-refractivity contribution in [1.82, 2.24) is 15.4 Å². The molecule has 21 heavy (non-hydrogen) atoms. The zero-order valence-electron chi connectivity index (χ0n) is 12.5. The summed E-state index contributed by atoms with van der Waals surface area (Å²) >= 11 is 0. The van der Waals surface area contributed by atoms with Crippen LogP contribution in [0.25, 0.3) is 0 Å². The first-order valence-electron chi connectivity index (χ1n) is 6.99. The fourth-order valence-electron chi connectivity index (χ4n) is 1.67. The molecule has 0 saturated carbocycles. The summed E-state index contributed by atoms with van der Waals surface area (Å²) < 4.78 is 26.6. The second-order valence-electron chi connectivity index (χ2n) is 4.70. The summed E-state index contributed by atoms with van der Waals surface area (Å²) in [5.41, 5.74) is 0.855. The summed E-state index contributed by atoms with van der Waals surface area (Å²) in [6, 6.07) is 6.47. The van der Waals surface area contributed by atoms with Crippen LogP contribution in [0.15, 0.2) is 29.2 Å². The quantitative estimate of drug-likeness (QED) is 0.583. The Labute approximate surface area is 126 Å². The number of hydrogen-bond donors (Lipinski definition) is 3. The smallest absolute Gasteiger partial charge is 0.240 e. The molecule has 7 heteroatoms. The third-order valence-corrected chi connectivity index (χ3v) is 4.27. The number of sulfonamides is 1. The highest BCUT2D eigenvalue weighted by molar-refractivity contribution is 7.89. The van der Waals surface area contributed by atoms with Crippen LogP contribution in [0.1, 0.15) is 25.8 Å². The molecule has 0 radical (unpaired) electrons. The predicted octanol–water partition coefficient (Wildman–Crippen LogP) is 0.601. The lowest BCUT2D eigenvalue weighted by atomic mass is 10.2. The lowest BCUT2D eigenvalue weighted by Gasteiger charge is -2.08. The van der Waals surface area contributed by atoms with E-state index in [1.54, 1.807) is 24.3 Å². The molecule has 0 aromatic heterocycles. The normalized spacial score (nSPS) is 11.3. The van der Waals surface area contributed by atoms with E-state index in [1.165, 1.54) is 6.92 Å². The monoisotopic (exact) mass is 313 g/mol. The first kappa shape index (κ1) is 17.6. The molecular weight excluding hydrogens is 290 g/mol. The summed E-state index contributed by atoms with van der Waals surface area (Å²) in [4.78, 5) is 11.0. The molecule has 0 aliphatic carbocycles. The van der Waals surface area contributed by atoms with Crippen LogP contribution in [-0.4, -0.2) is 34.0 Å². The Hall–Kier alpha value is -1.44. The molecule has 1 aromatic carbocycles. The Morgan fingerprint density at radius 1 is 1.10 bits per heavy atom. The summed E-state index contributed by atoms with van der Waals surface area (Å²) in [5, 5.41) is 5.79. The Morgan fingerprint density at radius 2 is 1.76 bits per heavy atom. The maximum atomic E-state index is 12.0. The molecule has 1 rings (SSSR count). The zero-order chi connectivity index (χ0) is 15.7. The molecule has 3 N–H and O–H groups in total. The van der Waals surface area contributed by atoms with Gasteiger partial charge in [0.2, 0.25) is 15.9 Å². The number of benzene rings is 1.